The molecule has 1 aromatic heterocycles. The molecular weight excluding hydrogens is 398 g/mol. The molecule has 1 N–H and O–H groups in total. The van der Waals surface area contributed by atoms with E-state index in [1.54, 1.807) is 30.2 Å². The minimum Gasteiger partial charge on any atom is -0.492 e. The molecule has 7 heteroatoms. The van der Waals surface area contributed by atoms with E-state index in [2.05, 4.69) is 21.4 Å². The maximum Gasteiger partial charge on any atom is 0.264 e. The molecule has 2 aromatic carbocycles. The Morgan fingerprint density at radius 3 is 2.84 bits per heavy atom. The van der Waals surface area contributed by atoms with Crippen molar-refractivity contribution in [2.75, 3.05) is 24.6 Å². The first-order chi connectivity index (χ1) is 15.1. The largest absolute Gasteiger partial charge is 0.492 e. The molecular formula is C24H26F2N4O. The van der Waals surface area contributed by atoms with Gasteiger partial charge >= 0.3 is 0 Å². The normalized spacial score (nSPS) is 16.3. The van der Waals surface area contributed by atoms with Crippen molar-refractivity contribution in [2.24, 2.45) is 7.05 Å². The van der Waals surface area contributed by atoms with Crippen LogP contribution < -0.4 is 15.0 Å². The molecule has 0 spiro atoms. The van der Waals surface area contributed by atoms with Crippen LogP contribution in [0.2, 0.25) is 0 Å². The van der Waals surface area contributed by atoms with Gasteiger partial charge in [0.05, 0.1) is 6.20 Å². The third-order valence-corrected chi connectivity index (χ3v) is 6.08. The number of fused-ring (bicyclic) bond motifs is 2. The lowest BCUT2D eigenvalue weighted by Crippen LogP contribution is -2.19. The maximum atomic E-state index is 14.1. The standard InChI is InChI=1S/C24H26F2N4O/c1-29-15-18(14-28-29)20-11-16-4-2-3-8-30(22(16)12-21(20)24(25)26)19-5-6-23-17(10-19)13-27-7-9-31-23/h5-6,10-12,14-15,24,27H,2-4,7-9,13H2,1H3. The molecule has 0 unspecified atom stereocenters. The predicted molar refractivity (Wildman–Crippen MR) is 117 cm³/mol. The molecule has 3 heterocycles. The molecule has 0 amide bonds. The van der Waals surface area contributed by atoms with Gasteiger partial charge in [0, 0.05) is 60.9 Å². The maximum absolute atomic E-state index is 14.1. The fourth-order valence-corrected chi connectivity index (χ4v) is 4.53. The Kier molecular flexibility index (Phi) is 5.36. The van der Waals surface area contributed by atoms with Crippen molar-refractivity contribution in [1.82, 2.24) is 15.1 Å². The summed E-state index contributed by atoms with van der Waals surface area (Å²) in [5.41, 5.74) is 5.45. The Bertz CT molecular complexity index is 1100. The minimum absolute atomic E-state index is 0.0541. The van der Waals surface area contributed by atoms with Crippen molar-refractivity contribution in [2.45, 2.75) is 32.2 Å². The van der Waals surface area contributed by atoms with Crippen molar-refractivity contribution in [3.63, 3.8) is 0 Å². The van der Waals surface area contributed by atoms with E-state index in [0.29, 0.717) is 12.2 Å². The number of hydrogen-bond acceptors (Lipinski definition) is 4. The second-order valence-corrected chi connectivity index (χ2v) is 8.20. The smallest absolute Gasteiger partial charge is 0.264 e. The lowest BCUT2D eigenvalue weighted by atomic mass is 9.95. The number of aryl methyl sites for hydroxylation is 2. The second-order valence-electron chi connectivity index (χ2n) is 8.20. The van der Waals surface area contributed by atoms with E-state index < -0.39 is 6.43 Å². The van der Waals surface area contributed by atoms with Gasteiger partial charge in [-0.2, -0.15) is 5.10 Å². The van der Waals surface area contributed by atoms with Crippen LogP contribution in [0.15, 0.2) is 42.7 Å². The third-order valence-electron chi connectivity index (χ3n) is 6.08. The number of anilines is 2. The molecule has 3 aromatic rings. The molecule has 2 aliphatic heterocycles. The van der Waals surface area contributed by atoms with Crippen LogP contribution in [0.25, 0.3) is 11.1 Å². The van der Waals surface area contributed by atoms with Crippen molar-refractivity contribution in [1.29, 1.82) is 0 Å². The van der Waals surface area contributed by atoms with Gasteiger partial charge in [-0.1, -0.05) is 0 Å². The van der Waals surface area contributed by atoms with Crippen LogP contribution in [0.4, 0.5) is 20.2 Å². The highest BCUT2D eigenvalue weighted by atomic mass is 19.3. The highest BCUT2D eigenvalue weighted by Gasteiger charge is 2.24. The van der Waals surface area contributed by atoms with Crippen LogP contribution in [-0.2, 0) is 20.0 Å². The number of nitrogens with one attached hydrogen (secondary N) is 1. The first kappa shape index (κ1) is 20.0. The third kappa shape index (κ3) is 3.90. The number of nitrogens with zero attached hydrogens (tertiary/aromatic N) is 3. The molecule has 0 bridgehead atoms. The van der Waals surface area contributed by atoms with E-state index in [0.717, 1.165) is 72.7 Å². The van der Waals surface area contributed by atoms with Gasteiger partial charge in [0.25, 0.3) is 6.43 Å². The van der Waals surface area contributed by atoms with Gasteiger partial charge < -0.3 is 15.0 Å². The lowest BCUT2D eigenvalue weighted by molar-refractivity contribution is 0.152. The van der Waals surface area contributed by atoms with E-state index in [1.807, 2.05) is 18.2 Å². The van der Waals surface area contributed by atoms with Crippen LogP contribution in [0.3, 0.4) is 0 Å². The monoisotopic (exact) mass is 424 g/mol. The zero-order valence-corrected chi connectivity index (χ0v) is 17.6. The van der Waals surface area contributed by atoms with E-state index in [4.69, 9.17) is 4.74 Å². The quantitative estimate of drug-likeness (QED) is 0.644. The van der Waals surface area contributed by atoms with Gasteiger partial charge in [-0.05, 0) is 60.7 Å². The Morgan fingerprint density at radius 1 is 1.13 bits per heavy atom. The van der Waals surface area contributed by atoms with Crippen LogP contribution >= 0.6 is 0 Å². The summed E-state index contributed by atoms with van der Waals surface area (Å²) >= 11 is 0. The highest BCUT2D eigenvalue weighted by molar-refractivity contribution is 5.76. The summed E-state index contributed by atoms with van der Waals surface area (Å²) in [4.78, 5) is 2.19. The van der Waals surface area contributed by atoms with Crippen LogP contribution in [0.5, 0.6) is 5.75 Å². The molecule has 0 aliphatic carbocycles. The number of halogens is 2. The van der Waals surface area contributed by atoms with E-state index in [-0.39, 0.29) is 5.56 Å². The SMILES string of the molecule is Cn1cc(-c2cc3c(cc2C(F)F)N(c2ccc4c(c2)CNCCO4)CCCC3)cn1. The van der Waals surface area contributed by atoms with Crippen molar-refractivity contribution >= 4 is 11.4 Å². The zero-order valence-electron chi connectivity index (χ0n) is 17.6. The van der Waals surface area contributed by atoms with Gasteiger partial charge in [0.1, 0.15) is 12.4 Å². The molecule has 2 aliphatic rings. The Balaban J connectivity index is 1.61. The molecule has 0 atom stereocenters. The summed E-state index contributed by atoms with van der Waals surface area (Å²) < 4.78 is 35.7. The van der Waals surface area contributed by atoms with Crippen molar-refractivity contribution < 1.29 is 13.5 Å². The Morgan fingerprint density at radius 2 is 2.03 bits per heavy atom. The number of alkyl halides is 2. The van der Waals surface area contributed by atoms with Gasteiger partial charge in [-0.15, -0.1) is 0 Å². The van der Waals surface area contributed by atoms with Crippen LogP contribution in [0, 0.1) is 0 Å². The van der Waals surface area contributed by atoms with Gasteiger partial charge in [-0.3, -0.25) is 4.68 Å². The zero-order chi connectivity index (χ0) is 21.4. The first-order valence-electron chi connectivity index (χ1n) is 10.8. The Labute approximate surface area is 180 Å². The number of hydrogen-bond donors (Lipinski definition) is 1. The number of benzene rings is 2. The van der Waals surface area contributed by atoms with Crippen molar-refractivity contribution in [3.05, 3.63) is 59.4 Å². The summed E-state index contributed by atoms with van der Waals surface area (Å²) in [5, 5.41) is 7.54. The summed E-state index contributed by atoms with van der Waals surface area (Å²) in [6.07, 6.45) is 3.79. The molecule has 0 saturated heterocycles. The molecule has 5 nitrogen and oxygen atoms in total. The second kappa shape index (κ2) is 8.30. The molecule has 0 fully saturated rings. The van der Waals surface area contributed by atoms with E-state index >= 15 is 0 Å². The molecule has 31 heavy (non-hydrogen) atoms. The minimum atomic E-state index is -2.56. The van der Waals surface area contributed by atoms with Crippen molar-refractivity contribution in [3.8, 4) is 16.9 Å². The van der Waals surface area contributed by atoms with Crippen LogP contribution in [-0.4, -0.2) is 29.5 Å². The van der Waals surface area contributed by atoms with Crippen LogP contribution in [0.1, 0.15) is 36.0 Å². The lowest BCUT2D eigenvalue weighted by Gasteiger charge is -2.27. The number of rotatable bonds is 3. The number of ether oxygens (including phenoxy) is 1. The van der Waals surface area contributed by atoms with E-state index in [1.165, 1.54) is 0 Å². The summed E-state index contributed by atoms with van der Waals surface area (Å²) in [6.45, 7) is 3.00. The molecule has 162 valence electrons. The fraction of sp³-hybridized carbons (Fsp3) is 0.375. The summed E-state index contributed by atoms with van der Waals surface area (Å²) in [7, 11) is 1.80. The number of aromatic nitrogens is 2. The highest BCUT2D eigenvalue weighted by Crippen LogP contribution is 2.41. The summed E-state index contributed by atoms with van der Waals surface area (Å²) in [5.74, 6) is 0.893. The molecule has 5 rings (SSSR count). The van der Waals surface area contributed by atoms with Gasteiger partial charge in [0.15, 0.2) is 0 Å². The van der Waals surface area contributed by atoms with Gasteiger partial charge in [0.2, 0.25) is 0 Å². The summed E-state index contributed by atoms with van der Waals surface area (Å²) in [6, 6.07) is 9.80. The van der Waals surface area contributed by atoms with E-state index in [9.17, 15) is 8.78 Å². The average molecular weight is 424 g/mol. The predicted octanol–water partition coefficient (Wildman–Crippen LogP) is 4.98. The fourth-order valence-electron chi connectivity index (χ4n) is 4.53. The molecule has 0 saturated carbocycles. The van der Waals surface area contributed by atoms with Gasteiger partial charge in [-0.25, -0.2) is 8.78 Å². The average Bonchev–Trinajstić information content (AvgIpc) is 2.96. The Hall–Kier alpha value is -2.93. The molecule has 0 radical (unpaired) electrons. The topological polar surface area (TPSA) is 42.3 Å². The first-order valence-corrected chi connectivity index (χ1v) is 10.8.